The molecule has 2 heterocycles. The van der Waals surface area contributed by atoms with Gasteiger partial charge in [0.1, 0.15) is 0 Å². The number of likely N-dealkylation sites (tertiary alicyclic amines) is 1. The van der Waals surface area contributed by atoms with Crippen molar-refractivity contribution in [2.45, 2.75) is 18.9 Å². The molecule has 1 saturated heterocycles. The standard InChI is InChI=1S/C28H29N3O4/c32-26(30-27(20-7-3-1-4-8-20)21-9-5-2-6-10-21)18-31-15-13-22(14-16-31)28(33)29-23-11-12-24-25(17-23)35-19-34-24/h1-12,17,22,27H,13-16,18-19H2,(H,29,33)(H,30,32). The van der Waals surface area contributed by atoms with Gasteiger partial charge in [0.2, 0.25) is 18.6 Å². The average Bonchev–Trinajstić information content (AvgIpc) is 3.37. The molecule has 7 heteroatoms. The van der Waals surface area contributed by atoms with Crippen molar-refractivity contribution in [3.8, 4) is 11.5 Å². The van der Waals surface area contributed by atoms with Crippen molar-refractivity contribution in [1.29, 1.82) is 0 Å². The number of hydrogen-bond acceptors (Lipinski definition) is 5. The molecule has 7 nitrogen and oxygen atoms in total. The minimum absolute atomic E-state index is 0.00110. The van der Waals surface area contributed by atoms with Gasteiger partial charge in [-0.05, 0) is 49.2 Å². The summed E-state index contributed by atoms with van der Waals surface area (Å²) < 4.78 is 10.7. The van der Waals surface area contributed by atoms with Gasteiger partial charge in [0.15, 0.2) is 11.5 Å². The summed E-state index contributed by atoms with van der Waals surface area (Å²) in [5, 5.41) is 6.19. The lowest BCUT2D eigenvalue weighted by Gasteiger charge is -2.31. The number of carbonyl (C=O) groups is 2. The highest BCUT2D eigenvalue weighted by molar-refractivity contribution is 5.93. The first-order valence-electron chi connectivity index (χ1n) is 12.0. The SMILES string of the molecule is O=C(CN1CCC(C(=O)Nc2ccc3c(c2)OCO3)CC1)NC(c1ccccc1)c1ccccc1. The molecule has 2 aliphatic heterocycles. The molecule has 35 heavy (non-hydrogen) atoms. The van der Waals surface area contributed by atoms with Crippen LogP contribution in [0.2, 0.25) is 0 Å². The quantitative estimate of drug-likeness (QED) is 0.545. The summed E-state index contributed by atoms with van der Waals surface area (Å²) in [7, 11) is 0. The Morgan fingerprint density at radius 1 is 0.857 bits per heavy atom. The van der Waals surface area contributed by atoms with Crippen LogP contribution in [-0.2, 0) is 9.59 Å². The number of carbonyl (C=O) groups excluding carboxylic acids is 2. The molecule has 0 radical (unpaired) electrons. The molecule has 0 atom stereocenters. The first kappa shape index (κ1) is 22.9. The zero-order valence-corrected chi connectivity index (χ0v) is 19.5. The monoisotopic (exact) mass is 471 g/mol. The van der Waals surface area contributed by atoms with Gasteiger partial charge >= 0.3 is 0 Å². The van der Waals surface area contributed by atoms with E-state index >= 15 is 0 Å². The molecule has 3 aromatic rings. The number of hydrogen-bond donors (Lipinski definition) is 2. The topological polar surface area (TPSA) is 79.9 Å². The highest BCUT2D eigenvalue weighted by Gasteiger charge is 2.27. The van der Waals surface area contributed by atoms with E-state index in [2.05, 4.69) is 15.5 Å². The second-order valence-corrected chi connectivity index (χ2v) is 8.93. The van der Waals surface area contributed by atoms with Gasteiger partial charge in [0, 0.05) is 17.7 Å². The molecule has 1 fully saturated rings. The average molecular weight is 472 g/mol. The summed E-state index contributed by atoms with van der Waals surface area (Å²) in [6.45, 7) is 1.92. The van der Waals surface area contributed by atoms with E-state index in [4.69, 9.17) is 9.47 Å². The Bertz CT molecular complexity index is 1120. The van der Waals surface area contributed by atoms with Crippen molar-refractivity contribution in [2.24, 2.45) is 5.92 Å². The van der Waals surface area contributed by atoms with Crippen molar-refractivity contribution in [1.82, 2.24) is 10.2 Å². The summed E-state index contributed by atoms with van der Waals surface area (Å²) in [5.74, 6) is 1.23. The largest absolute Gasteiger partial charge is 0.454 e. The van der Waals surface area contributed by atoms with Crippen molar-refractivity contribution < 1.29 is 19.1 Å². The number of amides is 2. The van der Waals surface area contributed by atoms with Crippen molar-refractivity contribution in [3.05, 3.63) is 90.0 Å². The highest BCUT2D eigenvalue weighted by atomic mass is 16.7. The van der Waals surface area contributed by atoms with Gasteiger partial charge in [0.05, 0.1) is 12.6 Å². The first-order chi connectivity index (χ1) is 17.2. The second kappa shape index (κ2) is 10.6. The highest BCUT2D eigenvalue weighted by Crippen LogP contribution is 2.34. The van der Waals surface area contributed by atoms with Crippen LogP contribution in [-0.4, -0.2) is 43.1 Å². The number of piperidine rings is 1. The maximum Gasteiger partial charge on any atom is 0.234 e. The number of nitrogens with one attached hydrogen (secondary N) is 2. The first-order valence-corrected chi connectivity index (χ1v) is 12.0. The van der Waals surface area contributed by atoms with Gasteiger partial charge in [-0.2, -0.15) is 0 Å². The predicted octanol–water partition coefficient (Wildman–Crippen LogP) is 3.97. The van der Waals surface area contributed by atoms with Gasteiger partial charge in [-0.15, -0.1) is 0 Å². The Balaban J connectivity index is 1.13. The number of benzene rings is 3. The van der Waals surface area contributed by atoms with E-state index in [0.717, 1.165) is 11.1 Å². The Hall–Kier alpha value is -3.84. The van der Waals surface area contributed by atoms with Crippen molar-refractivity contribution >= 4 is 17.5 Å². The Morgan fingerprint density at radius 3 is 2.14 bits per heavy atom. The van der Waals surface area contributed by atoms with Gasteiger partial charge < -0.3 is 20.1 Å². The van der Waals surface area contributed by atoms with Crippen LogP contribution in [0.3, 0.4) is 0 Å². The predicted molar refractivity (Wildman–Crippen MR) is 133 cm³/mol. The van der Waals surface area contributed by atoms with E-state index in [1.54, 1.807) is 12.1 Å². The molecule has 5 rings (SSSR count). The van der Waals surface area contributed by atoms with E-state index in [9.17, 15) is 9.59 Å². The molecule has 0 unspecified atom stereocenters. The fourth-order valence-electron chi connectivity index (χ4n) is 4.63. The number of anilines is 1. The molecule has 2 aliphatic rings. The molecule has 2 amide bonds. The number of fused-ring (bicyclic) bond motifs is 1. The number of ether oxygens (including phenoxy) is 2. The van der Waals surface area contributed by atoms with Crippen LogP contribution in [0.5, 0.6) is 11.5 Å². The number of rotatable bonds is 7. The van der Waals surface area contributed by atoms with Gasteiger partial charge in [-0.1, -0.05) is 60.7 Å². The van der Waals surface area contributed by atoms with E-state index in [1.165, 1.54) is 0 Å². The molecule has 0 bridgehead atoms. The Morgan fingerprint density at radius 2 is 1.49 bits per heavy atom. The van der Waals surface area contributed by atoms with Crippen LogP contribution in [0.1, 0.15) is 30.0 Å². The summed E-state index contributed by atoms with van der Waals surface area (Å²) in [5.41, 5.74) is 2.80. The number of nitrogens with zero attached hydrogens (tertiary/aromatic N) is 1. The van der Waals surface area contributed by atoms with Crippen LogP contribution in [0.25, 0.3) is 0 Å². The zero-order chi connectivity index (χ0) is 24.0. The fraction of sp³-hybridized carbons (Fsp3) is 0.286. The summed E-state index contributed by atoms with van der Waals surface area (Å²) in [6.07, 6.45) is 1.43. The van der Waals surface area contributed by atoms with E-state index < -0.39 is 0 Å². The minimum atomic E-state index is -0.199. The van der Waals surface area contributed by atoms with Gasteiger partial charge in [-0.3, -0.25) is 14.5 Å². The van der Waals surface area contributed by atoms with Crippen LogP contribution in [0.4, 0.5) is 5.69 Å². The molecule has 180 valence electrons. The van der Waals surface area contributed by atoms with Crippen LogP contribution >= 0.6 is 0 Å². The molecular formula is C28H29N3O4. The Kier molecular flexibility index (Phi) is 6.95. The van der Waals surface area contributed by atoms with Crippen molar-refractivity contribution in [2.75, 3.05) is 31.7 Å². The third kappa shape index (κ3) is 5.63. The summed E-state index contributed by atoms with van der Waals surface area (Å²) in [6, 6.07) is 25.2. The van der Waals surface area contributed by atoms with Gasteiger partial charge in [-0.25, -0.2) is 0 Å². The maximum absolute atomic E-state index is 13.0. The lowest BCUT2D eigenvalue weighted by atomic mass is 9.95. The van der Waals surface area contributed by atoms with E-state index in [-0.39, 0.29) is 30.6 Å². The smallest absolute Gasteiger partial charge is 0.234 e. The molecule has 0 saturated carbocycles. The maximum atomic E-state index is 13.0. The van der Waals surface area contributed by atoms with Crippen LogP contribution < -0.4 is 20.1 Å². The minimum Gasteiger partial charge on any atom is -0.454 e. The van der Waals surface area contributed by atoms with E-state index in [1.807, 2.05) is 66.7 Å². The van der Waals surface area contributed by atoms with Crippen LogP contribution in [0, 0.1) is 5.92 Å². The van der Waals surface area contributed by atoms with Gasteiger partial charge in [0.25, 0.3) is 0 Å². The normalized spacial score (nSPS) is 15.7. The molecule has 2 N–H and O–H groups in total. The zero-order valence-electron chi connectivity index (χ0n) is 19.5. The Labute approximate surface area is 205 Å². The molecule has 0 aliphatic carbocycles. The molecular weight excluding hydrogens is 442 g/mol. The fourth-order valence-corrected chi connectivity index (χ4v) is 4.63. The lowest BCUT2D eigenvalue weighted by molar-refractivity contribution is -0.123. The molecule has 0 spiro atoms. The summed E-state index contributed by atoms with van der Waals surface area (Å²) in [4.78, 5) is 27.9. The summed E-state index contributed by atoms with van der Waals surface area (Å²) >= 11 is 0. The van der Waals surface area contributed by atoms with E-state index in [0.29, 0.717) is 49.7 Å². The third-order valence-corrected chi connectivity index (χ3v) is 6.54. The lowest BCUT2D eigenvalue weighted by Crippen LogP contribution is -2.44. The third-order valence-electron chi connectivity index (χ3n) is 6.54. The van der Waals surface area contributed by atoms with Crippen LogP contribution in [0.15, 0.2) is 78.9 Å². The second-order valence-electron chi connectivity index (χ2n) is 8.93. The molecule has 0 aromatic heterocycles. The molecule has 3 aromatic carbocycles. The van der Waals surface area contributed by atoms with Crippen molar-refractivity contribution in [3.63, 3.8) is 0 Å².